The fourth-order valence-corrected chi connectivity index (χ4v) is 2.71. The summed E-state index contributed by atoms with van der Waals surface area (Å²) in [6.45, 7) is 1.89. The predicted molar refractivity (Wildman–Crippen MR) is 84.2 cm³/mol. The SMILES string of the molecule is CCOC(=O)CS(=O)(=O)N(C)Cc1cccc(C(N)=S)c1. The lowest BCUT2D eigenvalue weighted by molar-refractivity contribution is -0.140. The molecule has 0 aliphatic rings. The van der Waals surface area contributed by atoms with Gasteiger partial charge in [-0.1, -0.05) is 30.4 Å². The van der Waals surface area contributed by atoms with E-state index >= 15 is 0 Å². The molecular formula is C13H18N2O4S2. The average molecular weight is 330 g/mol. The van der Waals surface area contributed by atoms with Crippen LogP contribution in [0.15, 0.2) is 24.3 Å². The van der Waals surface area contributed by atoms with Crippen LogP contribution < -0.4 is 5.73 Å². The molecule has 0 fully saturated rings. The van der Waals surface area contributed by atoms with Crippen LogP contribution in [0.3, 0.4) is 0 Å². The van der Waals surface area contributed by atoms with Gasteiger partial charge in [0.25, 0.3) is 0 Å². The molecule has 2 N–H and O–H groups in total. The Bertz CT molecular complexity index is 629. The number of thiocarbonyl (C=S) groups is 1. The predicted octanol–water partition coefficient (Wildman–Crippen LogP) is 0.646. The fourth-order valence-electron chi connectivity index (χ4n) is 1.64. The van der Waals surface area contributed by atoms with Crippen molar-refractivity contribution < 1.29 is 17.9 Å². The quantitative estimate of drug-likeness (QED) is 0.583. The zero-order chi connectivity index (χ0) is 16.0. The van der Waals surface area contributed by atoms with Crippen LogP contribution in [0.4, 0.5) is 0 Å². The zero-order valence-electron chi connectivity index (χ0n) is 11.9. The van der Waals surface area contributed by atoms with Crippen LogP contribution in [-0.2, 0) is 26.1 Å². The molecule has 8 heteroatoms. The van der Waals surface area contributed by atoms with Gasteiger partial charge in [-0.2, -0.15) is 0 Å². The minimum Gasteiger partial charge on any atom is -0.465 e. The molecular weight excluding hydrogens is 312 g/mol. The molecule has 21 heavy (non-hydrogen) atoms. The second kappa shape index (κ2) is 7.48. The van der Waals surface area contributed by atoms with Crippen LogP contribution in [0.25, 0.3) is 0 Å². The minimum absolute atomic E-state index is 0.123. The van der Waals surface area contributed by atoms with Crippen molar-refractivity contribution in [2.75, 3.05) is 19.4 Å². The second-order valence-electron chi connectivity index (χ2n) is 4.38. The fraction of sp³-hybridized carbons (Fsp3) is 0.385. The van der Waals surface area contributed by atoms with Gasteiger partial charge in [-0.15, -0.1) is 0 Å². The molecule has 0 saturated carbocycles. The Balaban J connectivity index is 2.80. The molecule has 0 aliphatic carbocycles. The first-order chi connectivity index (χ1) is 9.76. The monoisotopic (exact) mass is 330 g/mol. The van der Waals surface area contributed by atoms with Crippen molar-refractivity contribution >= 4 is 33.2 Å². The maximum absolute atomic E-state index is 12.0. The zero-order valence-corrected chi connectivity index (χ0v) is 13.5. The lowest BCUT2D eigenvalue weighted by atomic mass is 10.1. The number of carbonyl (C=O) groups is 1. The summed E-state index contributed by atoms with van der Waals surface area (Å²) < 4.78 is 29.8. The third-order valence-electron chi connectivity index (χ3n) is 2.70. The number of hydrogen-bond acceptors (Lipinski definition) is 5. The summed E-state index contributed by atoms with van der Waals surface area (Å²) >= 11 is 4.88. The van der Waals surface area contributed by atoms with Gasteiger partial charge in [0, 0.05) is 19.2 Å². The molecule has 1 aromatic carbocycles. The number of carbonyl (C=O) groups excluding carboxylic acids is 1. The van der Waals surface area contributed by atoms with Crippen LogP contribution in [0, 0.1) is 0 Å². The third kappa shape index (κ3) is 5.41. The molecule has 0 saturated heterocycles. The standard InChI is InChI=1S/C13H18N2O4S2/c1-3-19-12(16)9-21(17,18)15(2)8-10-5-4-6-11(7-10)13(14)20/h4-7H,3,8-9H2,1-2H3,(H2,14,20). The molecule has 0 unspecified atom stereocenters. The number of nitrogens with two attached hydrogens (primary N) is 1. The number of rotatable bonds is 7. The molecule has 1 rings (SSSR count). The van der Waals surface area contributed by atoms with Crippen molar-refractivity contribution in [3.8, 4) is 0 Å². The number of ether oxygens (including phenoxy) is 1. The highest BCUT2D eigenvalue weighted by atomic mass is 32.2. The molecule has 0 bridgehead atoms. The molecule has 0 aliphatic heterocycles. The number of nitrogens with zero attached hydrogens (tertiary/aromatic N) is 1. The van der Waals surface area contributed by atoms with Gasteiger partial charge >= 0.3 is 5.97 Å². The maximum atomic E-state index is 12.0. The van der Waals surface area contributed by atoms with Gasteiger partial charge in [0.15, 0.2) is 5.75 Å². The molecule has 0 amide bonds. The van der Waals surface area contributed by atoms with Gasteiger partial charge in [0.2, 0.25) is 10.0 Å². The molecule has 6 nitrogen and oxygen atoms in total. The Labute approximate surface area is 129 Å². The number of sulfonamides is 1. The topological polar surface area (TPSA) is 89.7 Å². The van der Waals surface area contributed by atoms with E-state index in [1.807, 2.05) is 0 Å². The summed E-state index contributed by atoms with van der Waals surface area (Å²) in [5, 5.41) is 0. The van der Waals surface area contributed by atoms with Gasteiger partial charge in [0.05, 0.1) is 6.61 Å². The Morgan fingerprint density at radius 1 is 1.43 bits per heavy atom. The molecule has 1 aromatic rings. The normalized spacial score (nSPS) is 11.4. The maximum Gasteiger partial charge on any atom is 0.322 e. The summed E-state index contributed by atoms with van der Waals surface area (Å²) in [6.07, 6.45) is 0. The molecule has 0 atom stereocenters. The Morgan fingerprint density at radius 2 is 2.10 bits per heavy atom. The van der Waals surface area contributed by atoms with E-state index in [0.717, 1.165) is 9.87 Å². The van der Waals surface area contributed by atoms with Crippen molar-refractivity contribution in [3.63, 3.8) is 0 Å². The summed E-state index contributed by atoms with van der Waals surface area (Å²) in [5.41, 5.74) is 6.93. The Hall–Kier alpha value is -1.51. The van der Waals surface area contributed by atoms with E-state index in [0.29, 0.717) is 5.56 Å². The van der Waals surface area contributed by atoms with Crippen molar-refractivity contribution in [2.24, 2.45) is 5.73 Å². The Morgan fingerprint density at radius 3 is 2.67 bits per heavy atom. The van der Waals surface area contributed by atoms with Crippen molar-refractivity contribution in [1.82, 2.24) is 4.31 Å². The van der Waals surface area contributed by atoms with Crippen molar-refractivity contribution in [2.45, 2.75) is 13.5 Å². The first-order valence-electron chi connectivity index (χ1n) is 6.24. The van der Waals surface area contributed by atoms with Gasteiger partial charge in [-0.05, 0) is 18.6 Å². The lowest BCUT2D eigenvalue weighted by Crippen LogP contribution is -2.32. The summed E-state index contributed by atoms with van der Waals surface area (Å²) in [4.78, 5) is 11.5. The van der Waals surface area contributed by atoms with Gasteiger partial charge < -0.3 is 10.5 Å². The van der Waals surface area contributed by atoms with Crippen LogP contribution in [0.1, 0.15) is 18.1 Å². The van der Waals surface area contributed by atoms with E-state index < -0.39 is 21.7 Å². The van der Waals surface area contributed by atoms with Crippen molar-refractivity contribution in [1.29, 1.82) is 0 Å². The first-order valence-corrected chi connectivity index (χ1v) is 8.26. The average Bonchev–Trinajstić information content (AvgIpc) is 2.38. The third-order valence-corrected chi connectivity index (χ3v) is 4.61. The van der Waals surface area contributed by atoms with Gasteiger partial charge in [-0.25, -0.2) is 12.7 Å². The van der Waals surface area contributed by atoms with E-state index in [-0.39, 0.29) is 18.1 Å². The molecule has 0 radical (unpaired) electrons. The van der Waals surface area contributed by atoms with E-state index in [2.05, 4.69) is 4.74 Å². The molecule has 0 aromatic heterocycles. The minimum atomic E-state index is -3.72. The van der Waals surface area contributed by atoms with E-state index in [9.17, 15) is 13.2 Å². The second-order valence-corrected chi connectivity index (χ2v) is 6.90. The Kier molecular flexibility index (Phi) is 6.25. The highest BCUT2D eigenvalue weighted by molar-refractivity contribution is 7.89. The van der Waals surface area contributed by atoms with Crippen LogP contribution in [-0.4, -0.2) is 43.1 Å². The van der Waals surface area contributed by atoms with Gasteiger partial charge in [-0.3, -0.25) is 4.79 Å². The smallest absolute Gasteiger partial charge is 0.322 e. The number of benzene rings is 1. The molecule has 0 spiro atoms. The largest absolute Gasteiger partial charge is 0.465 e. The highest BCUT2D eigenvalue weighted by Crippen LogP contribution is 2.10. The number of esters is 1. The highest BCUT2D eigenvalue weighted by Gasteiger charge is 2.23. The van der Waals surface area contributed by atoms with Crippen LogP contribution in [0.5, 0.6) is 0 Å². The van der Waals surface area contributed by atoms with Gasteiger partial charge in [0.1, 0.15) is 4.99 Å². The summed E-state index contributed by atoms with van der Waals surface area (Å²) in [5.74, 6) is -1.44. The first kappa shape index (κ1) is 17.5. The van der Waals surface area contributed by atoms with Crippen LogP contribution >= 0.6 is 12.2 Å². The lowest BCUT2D eigenvalue weighted by Gasteiger charge is -2.17. The van der Waals surface area contributed by atoms with E-state index in [1.54, 1.807) is 31.2 Å². The van der Waals surface area contributed by atoms with E-state index in [4.69, 9.17) is 18.0 Å². The van der Waals surface area contributed by atoms with E-state index in [1.165, 1.54) is 7.05 Å². The summed E-state index contributed by atoms with van der Waals surface area (Å²) in [7, 11) is -2.31. The number of hydrogen-bond donors (Lipinski definition) is 1. The molecule has 116 valence electrons. The van der Waals surface area contributed by atoms with Crippen LogP contribution in [0.2, 0.25) is 0 Å². The van der Waals surface area contributed by atoms with Crippen molar-refractivity contribution in [3.05, 3.63) is 35.4 Å². The molecule has 0 heterocycles. The summed E-state index contributed by atoms with van der Waals surface area (Å²) in [6, 6.07) is 6.98.